The van der Waals surface area contributed by atoms with Gasteiger partial charge in [0.05, 0.1) is 0 Å². The number of unbranched alkanes of at least 4 members (excludes halogenated alkanes) is 1. The molecule has 1 heteroatoms. The van der Waals surface area contributed by atoms with Crippen molar-refractivity contribution in [2.24, 2.45) is 11.8 Å². The molecule has 20 heavy (non-hydrogen) atoms. The number of hydrogen-bond acceptors (Lipinski definition) is 1. The largest absolute Gasteiger partial charge is 0.300 e. The van der Waals surface area contributed by atoms with Crippen molar-refractivity contribution in [1.82, 2.24) is 4.90 Å². The van der Waals surface area contributed by atoms with Crippen molar-refractivity contribution in [1.29, 1.82) is 0 Å². The van der Waals surface area contributed by atoms with E-state index in [4.69, 9.17) is 0 Å². The van der Waals surface area contributed by atoms with Gasteiger partial charge in [-0.25, -0.2) is 0 Å². The van der Waals surface area contributed by atoms with Crippen LogP contribution in [0.25, 0.3) is 0 Å². The summed E-state index contributed by atoms with van der Waals surface area (Å²) >= 11 is 0. The first-order chi connectivity index (χ1) is 9.71. The summed E-state index contributed by atoms with van der Waals surface area (Å²) in [7, 11) is 0. The van der Waals surface area contributed by atoms with Gasteiger partial charge >= 0.3 is 0 Å². The van der Waals surface area contributed by atoms with E-state index in [1.165, 1.54) is 58.0 Å². The summed E-state index contributed by atoms with van der Waals surface area (Å²) < 4.78 is 0. The van der Waals surface area contributed by atoms with Gasteiger partial charge in [-0.15, -0.1) is 6.58 Å². The fourth-order valence-corrected chi connectivity index (χ4v) is 3.52. The number of likely N-dealkylation sites (tertiary alicyclic amines) is 1. The van der Waals surface area contributed by atoms with E-state index in [-0.39, 0.29) is 0 Å². The van der Waals surface area contributed by atoms with Gasteiger partial charge in [0.25, 0.3) is 0 Å². The van der Waals surface area contributed by atoms with Crippen LogP contribution in [0.1, 0.15) is 65.7 Å². The molecule has 0 aliphatic carbocycles. The Kier molecular flexibility index (Phi) is 8.93. The van der Waals surface area contributed by atoms with Gasteiger partial charge in [0, 0.05) is 19.1 Å². The maximum absolute atomic E-state index is 3.88. The molecule has 0 spiro atoms. The minimum absolute atomic E-state index is 0.813. The van der Waals surface area contributed by atoms with Crippen LogP contribution >= 0.6 is 0 Å². The van der Waals surface area contributed by atoms with E-state index in [9.17, 15) is 0 Å². The Labute approximate surface area is 127 Å². The van der Waals surface area contributed by atoms with E-state index in [0.29, 0.717) is 0 Å². The van der Waals surface area contributed by atoms with Crippen molar-refractivity contribution in [3.63, 3.8) is 0 Å². The first-order valence-electron chi connectivity index (χ1n) is 8.67. The summed E-state index contributed by atoms with van der Waals surface area (Å²) in [5.41, 5.74) is 0. The van der Waals surface area contributed by atoms with Crippen LogP contribution in [0, 0.1) is 11.8 Å². The number of allylic oxidation sites excluding steroid dienone is 3. The topological polar surface area (TPSA) is 3.24 Å². The summed E-state index contributed by atoms with van der Waals surface area (Å²) in [6, 6.07) is 0.813. The maximum Gasteiger partial charge on any atom is 0.0101 e. The molecule has 1 aliphatic heterocycles. The van der Waals surface area contributed by atoms with Crippen LogP contribution in [0.3, 0.4) is 0 Å². The molecule has 1 rings (SSSR count). The van der Waals surface area contributed by atoms with Crippen LogP contribution in [0.4, 0.5) is 0 Å². The Morgan fingerprint density at radius 2 is 2.15 bits per heavy atom. The van der Waals surface area contributed by atoms with Gasteiger partial charge < -0.3 is 0 Å². The van der Waals surface area contributed by atoms with Crippen molar-refractivity contribution < 1.29 is 0 Å². The summed E-state index contributed by atoms with van der Waals surface area (Å²) in [5, 5.41) is 0. The zero-order valence-corrected chi connectivity index (χ0v) is 14.0. The number of hydrogen-bond donors (Lipinski definition) is 0. The van der Waals surface area contributed by atoms with Crippen LogP contribution in [0.2, 0.25) is 0 Å². The normalized spacial score (nSPS) is 25.4. The summed E-state index contributed by atoms with van der Waals surface area (Å²) in [4.78, 5) is 2.78. The predicted octanol–water partition coefficient (Wildman–Crippen LogP) is 5.44. The molecule has 1 saturated heterocycles. The Morgan fingerprint density at radius 1 is 1.35 bits per heavy atom. The molecular formula is C19H35N. The molecule has 1 fully saturated rings. The van der Waals surface area contributed by atoms with Gasteiger partial charge in [0.2, 0.25) is 0 Å². The molecule has 1 nitrogen and oxygen atoms in total. The fourth-order valence-electron chi connectivity index (χ4n) is 3.52. The molecular weight excluding hydrogens is 242 g/mol. The third kappa shape index (κ3) is 6.26. The van der Waals surface area contributed by atoms with Crippen LogP contribution in [0.5, 0.6) is 0 Å². The monoisotopic (exact) mass is 277 g/mol. The minimum atomic E-state index is 0.813. The highest BCUT2D eigenvalue weighted by Crippen LogP contribution is 2.28. The molecule has 0 aromatic carbocycles. The Bertz CT molecular complexity index is 281. The van der Waals surface area contributed by atoms with Crippen LogP contribution in [-0.4, -0.2) is 24.0 Å². The standard InChI is InChI=1S/C19H35N/c1-5-8-10-11-12-18(7-3)16-20-15-17(4)14-19(20)13-9-6-2/h5-6,8,17-19H,2,7,9-16H2,1,3-4H3/b8-5+. The smallest absolute Gasteiger partial charge is 0.0101 e. The van der Waals surface area contributed by atoms with E-state index in [0.717, 1.165) is 17.9 Å². The first kappa shape index (κ1) is 17.5. The molecule has 1 heterocycles. The number of rotatable bonds is 10. The lowest BCUT2D eigenvalue weighted by Gasteiger charge is -2.28. The van der Waals surface area contributed by atoms with Gasteiger partial charge in [-0.05, 0) is 57.3 Å². The van der Waals surface area contributed by atoms with Crippen LogP contribution in [0.15, 0.2) is 24.8 Å². The van der Waals surface area contributed by atoms with Gasteiger partial charge in [-0.1, -0.05) is 38.5 Å². The van der Waals surface area contributed by atoms with Crippen molar-refractivity contribution in [3.05, 3.63) is 24.8 Å². The average Bonchev–Trinajstić information content (AvgIpc) is 2.79. The van der Waals surface area contributed by atoms with E-state index in [1.54, 1.807) is 0 Å². The second-order valence-electron chi connectivity index (χ2n) is 6.59. The van der Waals surface area contributed by atoms with Crippen molar-refractivity contribution in [2.45, 2.75) is 71.8 Å². The lowest BCUT2D eigenvalue weighted by atomic mass is 9.97. The Balaban J connectivity index is 2.38. The minimum Gasteiger partial charge on any atom is -0.300 e. The average molecular weight is 277 g/mol. The summed E-state index contributed by atoms with van der Waals surface area (Å²) in [6.45, 7) is 13.4. The van der Waals surface area contributed by atoms with Gasteiger partial charge in [0.1, 0.15) is 0 Å². The predicted molar refractivity (Wildman–Crippen MR) is 91.0 cm³/mol. The second-order valence-corrected chi connectivity index (χ2v) is 6.59. The van der Waals surface area contributed by atoms with E-state index in [1.807, 2.05) is 0 Å². The molecule has 0 radical (unpaired) electrons. The van der Waals surface area contributed by atoms with Crippen molar-refractivity contribution in [3.8, 4) is 0 Å². The van der Waals surface area contributed by atoms with Crippen LogP contribution < -0.4 is 0 Å². The fraction of sp³-hybridized carbons (Fsp3) is 0.789. The van der Waals surface area contributed by atoms with Gasteiger partial charge in [-0.2, -0.15) is 0 Å². The highest BCUT2D eigenvalue weighted by Gasteiger charge is 2.29. The van der Waals surface area contributed by atoms with E-state index >= 15 is 0 Å². The molecule has 3 unspecified atom stereocenters. The molecule has 0 N–H and O–H groups in total. The summed E-state index contributed by atoms with van der Waals surface area (Å²) in [6.07, 6.45) is 15.8. The quantitative estimate of drug-likeness (QED) is 0.380. The maximum atomic E-state index is 3.88. The van der Waals surface area contributed by atoms with Gasteiger partial charge in [0.15, 0.2) is 0 Å². The molecule has 0 amide bonds. The second kappa shape index (κ2) is 10.2. The molecule has 0 aromatic heterocycles. The van der Waals surface area contributed by atoms with E-state index < -0.39 is 0 Å². The third-order valence-corrected chi connectivity index (χ3v) is 4.73. The third-order valence-electron chi connectivity index (χ3n) is 4.73. The Morgan fingerprint density at radius 3 is 2.80 bits per heavy atom. The highest BCUT2D eigenvalue weighted by atomic mass is 15.2. The molecule has 0 aromatic rings. The number of nitrogens with zero attached hydrogens (tertiary/aromatic N) is 1. The van der Waals surface area contributed by atoms with Gasteiger partial charge in [-0.3, -0.25) is 4.90 Å². The molecule has 0 bridgehead atoms. The van der Waals surface area contributed by atoms with Crippen molar-refractivity contribution in [2.75, 3.05) is 13.1 Å². The zero-order chi connectivity index (χ0) is 14.8. The lowest BCUT2D eigenvalue weighted by Crippen LogP contribution is -2.34. The molecule has 3 atom stereocenters. The van der Waals surface area contributed by atoms with Crippen molar-refractivity contribution >= 4 is 0 Å². The SMILES string of the molecule is C=CCCC1CC(C)CN1CC(CC)CCC/C=C/C. The molecule has 116 valence electrons. The van der Waals surface area contributed by atoms with E-state index in [2.05, 4.69) is 50.5 Å². The summed E-state index contributed by atoms with van der Waals surface area (Å²) in [5.74, 6) is 1.77. The zero-order valence-electron chi connectivity index (χ0n) is 14.0. The van der Waals surface area contributed by atoms with Crippen LogP contribution in [-0.2, 0) is 0 Å². The molecule has 1 aliphatic rings. The lowest BCUT2D eigenvalue weighted by molar-refractivity contribution is 0.195. The molecule has 0 saturated carbocycles. The highest BCUT2D eigenvalue weighted by molar-refractivity contribution is 4.86. The first-order valence-corrected chi connectivity index (χ1v) is 8.67. The Hall–Kier alpha value is -0.560.